The summed E-state index contributed by atoms with van der Waals surface area (Å²) in [6.07, 6.45) is 4.51. The first-order chi connectivity index (χ1) is 12.0. The normalized spacial score (nSPS) is 20.8. The first-order valence-electron chi connectivity index (χ1n) is 8.85. The van der Waals surface area contributed by atoms with Crippen molar-refractivity contribution in [3.05, 3.63) is 29.8 Å². The van der Waals surface area contributed by atoms with Crippen molar-refractivity contribution in [2.24, 2.45) is 5.92 Å². The molecule has 1 aliphatic heterocycles. The minimum atomic E-state index is -0.465. The van der Waals surface area contributed by atoms with Gasteiger partial charge in [0.15, 0.2) is 6.61 Å². The van der Waals surface area contributed by atoms with Gasteiger partial charge in [-0.2, -0.15) is 0 Å². The third kappa shape index (κ3) is 4.38. The molecule has 1 aromatic carbocycles. The predicted octanol–water partition coefficient (Wildman–Crippen LogP) is 2.27. The third-order valence-electron chi connectivity index (χ3n) is 4.90. The van der Waals surface area contributed by atoms with Gasteiger partial charge < -0.3 is 15.0 Å². The van der Waals surface area contributed by atoms with Crippen LogP contribution in [0.4, 0.5) is 5.69 Å². The maximum Gasteiger partial charge on any atom is 0.311 e. The van der Waals surface area contributed by atoms with E-state index in [0.717, 1.165) is 31.2 Å². The average Bonchev–Trinajstić information content (AvgIpc) is 3.22. The van der Waals surface area contributed by atoms with Crippen molar-refractivity contribution in [3.8, 4) is 0 Å². The molecule has 0 aromatic heterocycles. The minimum Gasteiger partial charge on any atom is -0.455 e. The lowest BCUT2D eigenvalue weighted by Gasteiger charge is -2.23. The fourth-order valence-corrected chi connectivity index (χ4v) is 3.63. The zero-order chi connectivity index (χ0) is 17.8. The number of benzene rings is 1. The number of hydrogen-bond donors (Lipinski definition) is 1. The number of aryl methyl sites for hydroxylation is 1. The van der Waals surface area contributed by atoms with Crippen molar-refractivity contribution in [2.45, 2.75) is 45.1 Å². The highest BCUT2D eigenvalue weighted by Crippen LogP contribution is 2.29. The van der Waals surface area contributed by atoms with Crippen LogP contribution in [0.5, 0.6) is 0 Å². The van der Waals surface area contributed by atoms with E-state index in [4.69, 9.17) is 4.74 Å². The molecule has 2 aliphatic rings. The van der Waals surface area contributed by atoms with Gasteiger partial charge in [0.05, 0.1) is 5.92 Å². The molecule has 2 fully saturated rings. The van der Waals surface area contributed by atoms with Gasteiger partial charge in [0.1, 0.15) is 0 Å². The number of carbonyl (C=O) groups is 3. The van der Waals surface area contributed by atoms with Crippen molar-refractivity contribution < 1.29 is 19.1 Å². The van der Waals surface area contributed by atoms with Crippen LogP contribution in [0.3, 0.4) is 0 Å². The first kappa shape index (κ1) is 17.5. The lowest BCUT2D eigenvalue weighted by Crippen LogP contribution is -2.35. The SMILES string of the molecule is Cc1cccc(NC(=O)COC(=O)[C@H]2CC(=O)N(C3CCCC3)C2)c1. The fourth-order valence-electron chi connectivity index (χ4n) is 3.63. The minimum absolute atomic E-state index is 0.0260. The molecule has 0 unspecified atom stereocenters. The van der Waals surface area contributed by atoms with Crippen molar-refractivity contribution >= 4 is 23.5 Å². The molecule has 6 nitrogen and oxygen atoms in total. The van der Waals surface area contributed by atoms with Gasteiger partial charge in [-0.15, -0.1) is 0 Å². The Balaban J connectivity index is 1.46. The maximum atomic E-state index is 12.2. The van der Waals surface area contributed by atoms with E-state index < -0.39 is 11.9 Å². The monoisotopic (exact) mass is 344 g/mol. The molecule has 1 saturated carbocycles. The number of nitrogens with zero attached hydrogens (tertiary/aromatic N) is 1. The summed E-state index contributed by atoms with van der Waals surface area (Å²) < 4.78 is 5.12. The Bertz CT molecular complexity index is 667. The van der Waals surface area contributed by atoms with E-state index in [1.807, 2.05) is 30.0 Å². The number of esters is 1. The van der Waals surface area contributed by atoms with Crippen molar-refractivity contribution in [1.82, 2.24) is 4.90 Å². The van der Waals surface area contributed by atoms with Gasteiger partial charge in [0, 0.05) is 24.7 Å². The molecule has 1 atom stereocenters. The average molecular weight is 344 g/mol. The lowest BCUT2D eigenvalue weighted by atomic mass is 10.1. The molecular weight excluding hydrogens is 320 g/mol. The number of nitrogens with one attached hydrogen (secondary N) is 1. The predicted molar refractivity (Wildman–Crippen MR) is 92.8 cm³/mol. The zero-order valence-electron chi connectivity index (χ0n) is 14.5. The van der Waals surface area contributed by atoms with Gasteiger partial charge >= 0.3 is 5.97 Å². The van der Waals surface area contributed by atoms with E-state index in [1.54, 1.807) is 6.07 Å². The largest absolute Gasteiger partial charge is 0.455 e. The van der Waals surface area contributed by atoms with Gasteiger partial charge in [-0.25, -0.2) is 0 Å². The molecule has 1 aliphatic carbocycles. The standard InChI is InChI=1S/C19H24N2O4/c1-13-5-4-6-15(9-13)20-17(22)12-25-19(24)14-10-18(23)21(11-14)16-7-2-3-8-16/h4-6,9,14,16H,2-3,7-8,10-12H2,1H3,(H,20,22)/t14-/m0/s1. The van der Waals surface area contributed by atoms with E-state index in [2.05, 4.69) is 5.32 Å². The number of likely N-dealkylation sites (tertiary alicyclic amines) is 1. The third-order valence-corrected chi connectivity index (χ3v) is 4.90. The second-order valence-electron chi connectivity index (χ2n) is 6.91. The Hall–Kier alpha value is -2.37. The molecule has 0 bridgehead atoms. The molecule has 1 heterocycles. The highest BCUT2D eigenvalue weighted by atomic mass is 16.5. The Morgan fingerprint density at radius 2 is 2.04 bits per heavy atom. The van der Waals surface area contributed by atoms with Crippen LogP contribution in [-0.4, -0.2) is 41.9 Å². The molecule has 134 valence electrons. The molecule has 0 spiro atoms. The van der Waals surface area contributed by atoms with Gasteiger partial charge in [-0.05, 0) is 37.5 Å². The molecule has 25 heavy (non-hydrogen) atoms. The fraction of sp³-hybridized carbons (Fsp3) is 0.526. The molecule has 3 rings (SSSR count). The molecule has 2 amide bonds. The van der Waals surface area contributed by atoms with E-state index in [9.17, 15) is 14.4 Å². The molecule has 1 aromatic rings. The molecule has 1 saturated heterocycles. The number of anilines is 1. The second kappa shape index (κ2) is 7.68. The number of rotatable bonds is 5. The highest BCUT2D eigenvalue weighted by Gasteiger charge is 2.39. The summed E-state index contributed by atoms with van der Waals surface area (Å²) in [5, 5.41) is 2.70. The number of carbonyl (C=O) groups excluding carboxylic acids is 3. The summed E-state index contributed by atoms with van der Waals surface area (Å²) in [4.78, 5) is 38.0. The van der Waals surface area contributed by atoms with Crippen molar-refractivity contribution in [1.29, 1.82) is 0 Å². The van der Waals surface area contributed by atoms with Crippen LogP contribution in [-0.2, 0) is 19.1 Å². The van der Waals surface area contributed by atoms with Crippen LogP contribution in [0, 0.1) is 12.8 Å². The summed E-state index contributed by atoms with van der Waals surface area (Å²) in [6, 6.07) is 7.67. The Kier molecular flexibility index (Phi) is 5.36. The van der Waals surface area contributed by atoms with Gasteiger partial charge in [-0.1, -0.05) is 25.0 Å². The lowest BCUT2D eigenvalue weighted by molar-refractivity contribution is -0.151. The second-order valence-corrected chi connectivity index (χ2v) is 6.91. The van der Waals surface area contributed by atoms with E-state index >= 15 is 0 Å². The van der Waals surface area contributed by atoms with Crippen LogP contribution in [0.2, 0.25) is 0 Å². The Labute approximate surface area is 147 Å². The van der Waals surface area contributed by atoms with Gasteiger partial charge in [0.2, 0.25) is 5.91 Å². The quantitative estimate of drug-likeness (QED) is 0.832. The Morgan fingerprint density at radius 3 is 2.76 bits per heavy atom. The van der Waals surface area contributed by atoms with E-state index in [0.29, 0.717) is 12.2 Å². The van der Waals surface area contributed by atoms with Crippen LogP contribution in [0.25, 0.3) is 0 Å². The van der Waals surface area contributed by atoms with Crippen molar-refractivity contribution in [3.63, 3.8) is 0 Å². The van der Waals surface area contributed by atoms with Gasteiger partial charge in [0.25, 0.3) is 5.91 Å². The molecule has 6 heteroatoms. The highest BCUT2D eigenvalue weighted by molar-refractivity contribution is 5.93. The number of hydrogen-bond acceptors (Lipinski definition) is 4. The van der Waals surface area contributed by atoms with Crippen LogP contribution in [0.1, 0.15) is 37.7 Å². The van der Waals surface area contributed by atoms with Crippen molar-refractivity contribution in [2.75, 3.05) is 18.5 Å². The topological polar surface area (TPSA) is 75.7 Å². The maximum absolute atomic E-state index is 12.2. The molecule has 0 radical (unpaired) electrons. The molecule has 1 N–H and O–H groups in total. The van der Waals surface area contributed by atoms with Crippen LogP contribution >= 0.6 is 0 Å². The summed E-state index contributed by atoms with van der Waals surface area (Å²) >= 11 is 0. The zero-order valence-corrected chi connectivity index (χ0v) is 14.5. The Morgan fingerprint density at radius 1 is 1.28 bits per heavy atom. The summed E-state index contributed by atoms with van der Waals surface area (Å²) in [5.74, 6) is -1.28. The smallest absolute Gasteiger partial charge is 0.311 e. The van der Waals surface area contributed by atoms with Crippen LogP contribution < -0.4 is 5.32 Å². The summed E-state index contributed by atoms with van der Waals surface area (Å²) in [6.45, 7) is 2.02. The summed E-state index contributed by atoms with van der Waals surface area (Å²) in [7, 11) is 0. The van der Waals surface area contributed by atoms with Crippen LogP contribution in [0.15, 0.2) is 24.3 Å². The van der Waals surface area contributed by atoms with E-state index in [1.165, 1.54) is 0 Å². The van der Waals surface area contributed by atoms with E-state index in [-0.39, 0.29) is 30.9 Å². The number of ether oxygens (including phenoxy) is 1. The first-order valence-corrected chi connectivity index (χ1v) is 8.85. The summed E-state index contributed by atoms with van der Waals surface area (Å²) in [5.41, 5.74) is 1.70. The molecular formula is C19H24N2O4. The number of amides is 2. The van der Waals surface area contributed by atoms with Gasteiger partial charge in [-0.3, -0.25) is 14.4 Å².